The molecule has 0 aliphatic rings. The number of para-hydroxylation sites is 1. The number of aromatic amines is 1. The number of hydrogen-bond donors (Lipinski definition) is 3. The van der Waals surface area contributed by atoms with Gasteiger partial charge in [0.15, 0.2) is 11.2 Å². The van der Waals surface area contributed by atoms with Gasteiger partial charge in [-0.1, -0.05) is 18.2 Å². The van der Waals surface area contributed by atoms with Crippen LogP contribution in [0.3, 0.4) is 0 Å². The molecule has 0 saturated carbocycles. The molecule has 4 rings (SSSR count). The maximum absolute atomic E-state index is 12.7. The maximum Gasteiger partial charge on any atom is 0.329 e. The summed E-state index contributed by atoms with van der Waals surface area (Å²) < 4.78 is 8.34. The molecule has 3 N–H and O–H groups in total. The normalized spacial score (nSPS) is 12.5. The van der Waals surface area contributed by atoms with E-state index in [2.05, 4.69) is 20.5 Å². The SMILES string of the molecule is C/C(=N/Nc1nc2c(c(=O)[nH]c(=O)n2C)n1CC(O)COc1ccccc1C)c1ccc([N+](=O)[O-])cc1. The predicted octanol–water partition coefficient (Wildman–Crippen LogP) is 1.92. The Balaban J connectivity index is 1.64. The Labute approximate surface area is 209 Å². The summed E-state index contributed by atoms with van der Waals surface area (Å²) in [4.78, 5) is 41.8. The maximum atomic E-state index is 12.7. The van der Waals surface area contributed by atoms with Gasteiger partial charge in [-0.05, 0) is 43.2 Å². The number of benzene rings is 2. The standard InChI is InChI=1S/C24H25N7O6/c1-14-6-4-5-7-19(14)37-13-18(32)12-30-20-21(29(3)24(34)26-22(20)33)25-23(30)28-27-15(2)16-8-10-17(11-9-16)31(35)36/h4-11,18,32H,12-13H2,1-3H3,(H,25,28)(H,26,33,34)/b27-15-. The number of imidazole rings is 1. The number of aliphatic hydroxyl groups excluding tert-OH is 1. The number of aliphatic hydroxyl groups is 1. The van der Waals surface area contributed by atoms with Crippen LogP contribution in [0.1, 0.15) is 18.1 Å². The average Bonchev–Trinajstić information content (AvgIpc) is 3.24. The Morgan fingerprint density at radius 2 is 1.95 bits per heavy atom. The molecule has 0 aliphatic heterocycles. The van der Waals surface area contributed by atoms with Gasteiger partial charge in [0.1, 0.15) is 18.5 Å². The summed E-state index contributed by atoms with van der Waals surface area (Å²) in [6.07, 6.45) is -1.03. The number of rotatable bonds is 9. The van der Waals surface area contributed by atoms with E-state index in [1.807, 2.05) is 25.1 Å². The van der Waals surface area contributed by atoms with Crippen molar-refractivity contribution < 1.29 is 14.8 Å². The lowest BCUT2D eigenvalue weighted by molar-refractivity contribution is -0.384. The van der Waals surface area contributed by atoms with E-state index in [1.165, 1.54) is 28.3 Å². The van der Waals surface area contributed by atoms with Gasteiger partial charge in [0.25, 0.3) is 11.2 Å². The largest absolute Gasteiger partial charge is 0.491 e. The minimum atomic E-state index is -1.03. The zero-order valence-electron chi connectivity index (χ0n) is 20.3. The van der Waals surface area contributed by atoms with Crippen molar-refractivity contribution >= 4 is 28.5 Å². The number of nitro benzene ring substituents is 1. The molecule has 0 radical (unpaired) electrons. The van der Waals surface area contributed by atoms with Crippen LogP contribution in [-0.2, 0) is 13.6 Å². The van der Waals surface area contributed by atoms with Gasteiger partial charge in [-0.15, -0.1) is 0 Å². The molecule has 1 atom stereocenters. The molecule has 37 heavy (non-hydrogen) atoms. The second-order valence-electron chi connectivity index (χ2n) is 8.38. The Morgan fingerprint density at radius 3 is 2.62 bits per heavy atom. The smallest absolute Gasteiger partial charge is 0.329 e. The van der Waals surface area contributed by atoms with E-state index in [1.54, 1.807) is 25.1 Å². The second kappa shape index (κ2) is 10.5. The molecule has 0 aliphatic carbocycles. The van der Waals surface area contributed by atoms with E-state index in [4.69, 9.17) is 4.74 Å². The van der Waals surface area contributed by atoms with Crippen LogP contribution >= 0.6 is 0 Å². The van der Waals surface area contributed by atoms with Gasteiger partial charge >= 0.3 is 5.69 Å². The molecule has 13 heteroatoms. The number of aromatic nitrogens is 4. The number of anilines is 1. The zero-order chi connectivity index (χ0) is 26.7. The minimum absolute atomic E-state index is 0.0478. The molecule has 4 aromatic rings. The summed E-state index contributed by atoms with van der Waals surface area (Å²) in [5.41, 5.74) is 3.63. The Kier molecular flexibility index (Phi) is 7.15. The van der Waals surface area contributed by atoms with Crippen molar-refractivity contribution in [1.29, 1.82) is 0 Å². The van der Waals surface area contributed by atoms with Gasteiger partial charge in [-0.25, -0.2) is 10.2 Å². The number of non-ortho nitro benzene ring substituents is 1. The number of nitrogens with one attached hydrogen (secondary N) is 2. The van der Waals surface area contributed by atoms with Crippen molar-refractivity contribution in [3.8, 4) is 5.75 Å². The third-order valence-corrected chi connectivity index (χ3v) is 5.74. The van der Waals surface area contributed by atoms with Crippen LogP contribution in [0.2, 0.25) is 0 Å². The van der Waals surface area contributed by atoms with Crippen molar-refractivity contribution in [2.75, 3.05) is 12.0 Å². The molecule has 0 amide bonds. The van der Waals surface area contributed by atoms with Gasteiger partial charge in [0.2, 0.25) is 5.95 Å². The van der Waals surface area contributed by atoms with Crippen molar-refractivity contribution in [1.82, 2.24) is 19.1 Å². The van der Waals surface area contributed by atoms with Gasteiger partial charge in [0.05, 0.1) is 17.2 Å². The van der Waals surface area contributed by atoms with Crippen LogP contribution in [0.4, 0.5) is 11.6 Å². The van der Waals surface area contributed by atoms with Crippen LogP contribution in [0, 0.1) is 17.0 Å². The van der Waals surface area contributed by atoms with Gasteiger partial charge < -0.3 is 14.4 Å². The molecular weight excluding hydrogens is 482 g/mol. The number of H-pyrrole nitrogens is 1. The number of nitrogens with zero attached hydrogens (tertiary/aromatic N) is 5. The Hall–Kier alpha value is -4.78. The summed E-state index contributed by atoms with van der Waals surface area (Å²) in [5, 5.41) is 25.9. The fourth-order valence-corrected chi connectivity index (χ4v) is 3.69. The lowest BCUT2D eigenvalue weighted by atomic mass is 10.1. The number of nitro groups is 1. The van der Waals surface area contributed by atoms with Crippen LogP contribution in [0.15, 0.2) is 63.2 Å². The molecule has 2 heterocycles. The fourth-order valence-electron chi connectivity index (χ4n) is 3.69. The second-order valence-corrected chi connectivity index (χ2v) is 8.38. The Morgan fingerprint density at radius 1 is 1.24 bits per heavy atom. The van der Waals surface area contributed by atoms with Crippen molar-refractivity contribution in [3.05, 3.63) is 90.6 Å². The highest BCUT2D eigenvalue weighted by Gasteiger charge is 2.20. The quantitative estimate of drug-likeness (QED) is 0.175. The lowest BCUT2D eigenvalue weighted by Gasteiger charge is -2.16. The number of ether oxygens (including phenoxy) is 1. The average molecular weight is 508 g/mol. The van der Waals surface area contributed by atoms with E-state index in [0.717, 1.165) is 5.56 Å². The van der Waals surface area contributed by atoms with Crippen LogP contribution in [0.25, 0.3) is 11.2 Å². The number of hydrazone groups is 1. The van der Waals surface area contributed by atoms with Crippen LogP contribution in [-0.4, -0.2) is 47.6 Å². The predicted molar refractivity (Wildman–Crippen MR) is 137 cm³/mol. The third-order valence-electron chi connectivity index (χ3n) is 5.74. The lowest BCUT2D eigenvalue weighted by Crippen LogP contribution is -2.30. The highest BCUT2D eigenvalue weighted by molar-refractivity contribution is 5.99. The number of fused-ring (bicyclic) bond motifs is 1. The van der Waals surface area contributed by atoms with Gasteiger partial charge in [-0.3, -0.25) is 24.5 Å². The van der Waals surface area contributed by atoms with Gasteiger partial charge in [-0.2, -0.15) is 10.1 Å². The number of aryl methyl sites for hydroxylation is 2. The molecule has 0 bridgehead atoms. The molecule has 2 aromatic heterocycles. The fraction of sp³-hybridized carbons (Fsp3) is 0.250. The third kappa shape index (κ3) is 5.41. The molecule has 13 nitrogen and oxygen atoms in total. The summed E-state index contributed by atoms with van der Waals surface area (Å²) in [7, 11) is 1.46. The van der Waals surface area contributed by atoms with Crippen LogP contribution in [0.5, 0.6) is 5.75 Å². The summed E-state index contributed by atoms with van der Waals surface area (Å²) in [6.45, 7) is 3.43. The van der Waals surface area contributed by atoms with Crippen molar-refractivity contribution in [2.45, 2.75) is 26.5 Å². The summed E-state index contributed by atoms with van der Waals surface area (Å²) in [5.74, 6) is 0.733. The molecule has 192 valence electrons. The molecule has 0 spiro atoms. The monoisotopic (exact) mass is 507 g/mol. The first-order chi connectivity index (χ1) is 17.7. The number of hydrogen-bond acceptors (Lipinski definition) is 9. The molecular formula is C24H25N7O6. The minimum Gasteiger partial charge on any atom is -0.491 e. The Bertz CT molecular complexity index is 1600. The van der Waals surface area contributed by atoms with Crippen molar-refractivity contribution in [2.24, 2.45) is 12.1 Å². The van der Waals surface area contributed by atoms with Crippen molar-refractivity contribution in [3.63, 3.8) is 0 Å². The first-order valence-corrected chi connectivity index (χ1v) is 11.3. The van der Waals surface area contributed by atoms with E-state index >= 15 is 0 Å². The van der Waals surface area contributed by atoms with Gasteiger partial charge in [0, 0.05) is 19.2 Å². The van der Waals surface area contributed by atoms with E-state index in [9.17, 15) is 24.8 Å². The summed E-state index contributed by atoms with van der Waals surface area (Å²) >= 11 is 0. The van der Waals surface area contributed by atoms with E-state index in [0.29, 0.717) is 17.0 Å². The highest BCUT2D eigenvalue weighted by atomic mass is 16.6. The summed E-state index contributed by atoms with van der Waals surface area (Å²) in [6, 6.07) is 13.2. The van der Waals surface area contributed by atoms with Crippen LogP contribution < -0.4 is 21.4 Å². The first-order valence-electron chi connectivity index (χ1n) is 11.3. The molecule has 0 fully saturated rings. The van der Waals surface area contributed by atoms with E-state index < -0.39 is 22.3 Å². The first kappa shape index (κ1) is 25.3. The molecule has 1 unspecified atom stereocenters. The zero-order valence-corrected chi connectivity index (χ0v) is 20.3. The van der Waals surface area contributed by atoms with E-state index in [-0.39, 0.29) is 36.0 Å². The molecule has 2 aromatic carbocycles. The molecule has 0 saturated heterocycles. The highest BCUT2D eigenvalue weighted by Crippen LogP contribution is 2.19. The topological polar surface area (TPSA) is 170 Å².